The van der Waals surface area contributed by atoms with Crippen LogP contribution in [0.25, 0.3) is 0 Å². The Morgan fingerprint density at radius 1 is 1.35 bits per heavy atom. The molecule has 0 bridgehead atoms. The van der Waals surface area contributed by atoms with E-state index in [0.717, 1.165) is 30.0 Å². The molecule has 0 aromatic heterocycles. The molecule has 3 nitrogen and oxygen atoms in total. The van der Waals surface area contributed by atoms with Crippen molar-refractivity contribution in [2.24, 2.45) is 0 Å². The number of hydrogen-bond donors (Lipinski definition) is 2. The number of rotatable bonds is 7. The summed E-state index contributed by atoms with van der Waals surface area (Å²) in [6, 6.07) is 7.62. The molecule has 0 unspecified atom stereocenters. The van der Waals surface area contributed by atoms with Crippen molar-refractivity contribution in [1.29, 1.82) is 0 Å². The Morgan fingerprint density at radius 3 is 2.82 bits per heavy atom. The van der Waals surface area contributed by atoms with Gasteiger partial charge in [0.2, 0.25) is 5.91 Å². The molecule has 0 aliphatic heterocycles. The van der Waals surface area contributed by atoms with E-state index in [2.05, 4.69) is 17.6 Å². The van der Waals surface area contributed by atoms with Crippen molar-refractivity contribution in [2.75, 3.05) is 13.1 Å². The first kappa shape index (κ1) is 14.0. The first-order valence-electron chi connectivity index (χ1n) is 5.95. The number of amides is 1. The molecule has 0 atom stereocenters. The van der Waals surface area contributed by atoms with Crippen LogP contribution < -0.4 is 10.6 Å². The molecule has 0 spiro atoms. The lowest BCUT2D eigenvalue weighted by Gasteiger charge is -2.07. The number of halogens is 1. The molecular formula is C13H19ClN2O. The molecule has 1 aromatic carbocycles. The van der Waals surface area contributed by atoms with Gasteiger partial charge in [-0.15, -0.1) is 0 Å². The van der Waals surface area contributed by atoms with Crippen LogP contribution in [0.15, 0.2) is 24.3 Å². The Bertz CT molecular complexity index is 355. The van der Waals surface area contributed by atoms with E-state index in [-0.39, 0.29) is 5.91 Å². The molecular weight excluding hydrogens is 236 g/mol. The molecule has 0 saturated heterocycles. The number of hydrogen-bond acceptors (Lipinski definition) is 2. The van der Waals surface area contributed by atoms with Crippen molar-refractivity contribution in [1.82, 2.24) is 10.6 Å². The van der Waals surface area contributed by atoms with Crippen LogP contribution in [-0.2, 0) is 11.3 Å². The molecule has 4 heteroatoms. The molecule has 0 saturated carbocycles. The van der Waals surface area contributed by atoms with E-state index in [1.54, 1.807) is 0 Å². The second kappa shape index (κ2) is 8.09. The van der Waals surface area contributed by atoms with Gasteiger partial charge in [-0.1, -0.05) is 43.1 Å². The highest BCUT2D eigenvalue weighted by Crippen LogP contribution is 2.13. The van der Waals surface area contributed by atoms with Crippen LogP contribution in [0.1, 0.15) is 25.3 Å². The molecule has 0 radical (unpaired) electrons. The van der Waals surface area contributed by atoms with Crippen LogP contribution in [0.5, 0.6) is 0 Å². The van der Waals surface area contributed by atoms with Crippen LogP contribution in [0.3, 0.4) is 0 Å². The lowest BCUT2D eigenvalue weighted by Crippen LogP contribution is -2.34. The number of carbonyl (C=O) groups is 1. The third kappa shape index (κ3) is 5.71. The zero-order valence-electron chi connectivity index (χ0n) is 10.1. The van der Waals surface area contributed by atoms with Crippen LogP contribution in [0.4, 0.5) is 0 Å². The second-order valence-corrected chi connectivity index (χ2v) is 4.31. The minimum absolute atomic E-state index is 0.0329. The highest BCUT2D eigenvalue weighted by molar-refractivity contribution is 6.31. The zero-order chi connectivity index (χ0) is 12.5. The van der Waals surface area contributed by atoms with Gasteiger partial charge in [-0.2, -0.15) is 0 Å². The quantitative estimate of drug-likeness (QED) is 0.734. The van der Waals surface area contributed by atoms with Crippen molar-refractivity contribution in [3.05, 3.63) is 34.9 Å². The van der Waals surface area contributed by atoms with Crippen molar-refractivity contribution < 1.29 is 4.79 Å². The normalized spacial score (nSPS) is 10.2. The molecule has 17 heavy (non-hydrogen) atoms. The number of carbonyl (C=O) groups excluding carboxylic acids is 1. The summed E-state index contributed by atoms with van der Waals surface area (Å²) >= 11 is 6.00. The summed E-state index contributed by atoms with van der Waals surface area (Å²) in [7, 11) is 0. The third-order valence-electron chi connectivity index (χ3n) is 2.41. The highest BCUT2D eigenvalue weighted by atomic mass is 35.5. The van der Waals surface area contributed by atoms with E-state index in [4.69, 9.17) is 11.6 Å². The van der Waals surface area contributed by atoms with Crippen LogP contribution >= 0.6 is 11.6 Å². The summed E-state index contributed by atoms with van der Waals surface area (Å²) in [6.07, 6.45) is 2.11. The van der Waals surface area contributed by atoms with Gasteiger partial charge in [0.1, 0.15) is 0 Å². The summed E-state index contributed by atoms with van der Waals surface area (Å²) in [6.45, 7) is 3.79. The molecule has 2 N–H and O–H groups in total. The minimum atomic E-state index is 0.0329. The lowest BCUT2D eigenvalue weighted by atomic mass is 10.2. The van der Waals surface area contributed by atoms with Gasteiger partial charge < -0.3 is 10.6 Å². The zero-order valence-corrected chi connectivity index (χ0v) is 10.9. The first-order valence-corrected chi connectivity index (χ1v) is 6.32. The molecule has 0 heterocycles. The van der Waals surface area contributed by atoms with Crippen molar-refractivity contribution >= 4 is 17.5 Å². The first-order chi connectivity index (χ1) is 8.24. The molecule has 1 rings (SSSR count). The Balaban J connectivity index is 2.19. The smallest absolute Gasteiger partial charge is 0.233 e. The molecule has 94 valence electrons. The van der Waals surface area contributed by atoms with Crippen molar-refractivity contribution in [3.63, 3.8) is 0 Å². The van der Waals surface area contributed by atoms with Gasteiger partial charge in [-0.25, -0.2) is 0 Å². The van der Waals surface area contributed by atoms with Gasteiger partial charge in [0.05, 0.1) is 6.54 Å². The fraction of sp³-hybridized carbons (Fsp3) is 0.462. The van der Waals surface area contributed by atoms with Crippen molar-refractivity contribution in [2.45, 2.75) is 26.3 Å². The topological polar surface area (TPSA) is 41.1 Å². The third-order valence-corrected chi connectivity index (χ3v) is 2.78. The average Bonchev–Trinajstić information content (AvgIpc) is 2.32. The second-order valence-electron chi connectivity index (χ2n) is 3.90. The number of nitrogens with one attached hydrogen (secondary N) is 2. The summed E-state index contributed by atoms with van der Waals surface area (Å²) in [5.74, 6) is 0.0329. The Hall–Kier alpha value is -1.06. The maximum atomic E-state index is 11.4. The Kier molecular flexibility index (Phi) is 6.67. The maximum Gasteiger partial charge on any atom is 0.233 e. The van der Waals surface area contributed by atoms with E-state index in [9.17, 15) is 4.79 Å². The average molecular weight is 255 g/mol. The van der Waals surface area contributed by atoms with E-state index in [1.165, 1.54) is 0 Å². The molecule has 1 amide bonds. The summed E-state index contributed by atoms with van der Waals surface area (Å²) in [4.78, 5) is 11.4. The van der Waals surface area contributed by atoms with Gasteiger partial charge in [0.25, 0.3) is 0 Å². The Labute approximate surface area is 108 Å². The van der Waals surface area contributed by atoms with Crippen LogP contribution in [-0.4, -0.2) is 19.0 Å². The molecule has 1 aromatic rings. The van der Waals surface area contributed by atoms with E-state index < -0.39 is 0 Å². The van der Waals surface area contributed by atoms with Gasteiger partial charge in [0.15, 0.2) is 0 Å². The monoisotopic (exact) mass is 254 g/mol. The van der Waals surface area contributed by atoms with Gasteiger partial charge in [-0.3, -0.25) is 4.79 Å². The summed E-state index contributed by atoms with van der Waals surface area (Å²) < 4.78 is 0. The van der Waals surface area contributed by atoms with E-state index >= 15 is 0 Å². The fourth-order valence-corrected chi connectivity index (χ4v) is 1.62. The van der Waals surface area contributed by atoms with Gasteiger partial charge in [0, 0.05) is 18.1 Å². The lowest BCUT2D eigenvalue weighted by molar-refractivity contribution is -0.120. The largest absolute Gasteiger partial charge is 0.355 e. The van der Waals surface area contributed by atoms with Gasteiger partial charge >= 0.3 is 0 Å². The Morgan fingerprint density at radius 2 is 2.12 bits per heavy atom. The summed E-state index contributed by atoms with van der Waals surface area (Å²) in [5.41, 5.74) is 1.01. The van der Waals surface area contributed by atoms with E-state index in [1.807, 2.05) is 24.3 Å². The molecule has 0 aliphatic carbocycles. The van der Waals surface area contributed by atoms with Crippen LogP contribution in [0, 0.1) is 0 Å². The minimum Gasteiger partial charge on any atom is -0.355 e. The fourth-order valence-electron chi connectivity index (χ4n) is 1.42. The summed E-state index contributed by atoms with van der Waals surface area (Å²) in [5, 5.41) is 6.65. The predicted molar refractivity (Wildman–Crippen MR) is 71.1 cm³/mol. The van der Waals surface area contributed by atoms with Crippen molar-refractivity contribution in [3.8, 4) is 0 Å². The maximum absolute atomic E-state index is 11.4. The van der Waals surface area contributed by atoms with E-state index in [0.29, 0.717) is 13.1 Å². The van der Waals surface area contributed by atoms with Gasteiger partial charge in [-0.05, 0) is 18.1 Å². The number of unbranched alkanes of at least 4 members (excludes halogenated alkanes) is 1. The predicted octanol–water partition coefficient (Wildman–Crippen LogP) is 2.35. The highest BCUT2D eigenvalue weighted by Gasteiger charge is 2.01. The molecule has 0 aliphatic rings. The SMILES string of the molecule is CCCCNC(=O)CNCc1ccccc1Cl. The van der Waals surface area contributed by atoms with Crippen LogP contribution in [0.2, 0.25) is 5.02 Å². The standard InChI is InChI=1S/C13H19ClN2O/c1-2-3-8-16-13(17)10-15-9-11-6-4-5-7-12(11)14/h4-7,15H,2-3,8-10H2,1H3,(H,16,17). The molecule has 0 fully saturated rings. The number of benzene rings is 1.